The Kier molecular flexibility index (Phi) is 5.29. The second-order valence-electron chi connectivity index (χ2n) is 6.75. The molecule has 0 aliphatic carbocycles. The van der Waals surface area contributed by atoms with E-state index in [4.69, 9.17) is 9.57 Å². The number of fused-ring (bicyclic) bond motifs is 1. The molecule has 4 rings (SSSR count). The van der Waals surface area contributed by atoms with Gasteiger partial charge in [-0.2, -0.15) is 5.10 Å². The van der Waals surface area contributed by atoms with Gasteiger partial charge in [0.15, 0.2) is 6.61 Å². The number of carbonyl (C=O) groups is 1. The molecule has 0 atom stereocenters. The first kappa shape index (κ1) is 18.7. The van der Waals surface area contributed by atoms with E-state index in [1.165, 1.54) is 0 Å². The summed E-state index contributed by atoms with van der Waals surface area (Å²) in [6.45, 7) is 4.15. The first-order chi connectivity index (χ1) is 14.1. The summed E-state index contributed by atoms with van der Waals surface area (Å²) < 4.78 is 7.41. The van der Waals surface area contributed by atoms with Crippen LogP contribution in [-0.4, -0.2) is 34.6 Å². The zero-order valence-electron chi connectivity index (χ0n) is 16.4. The van der Waals surface area contributed by atoms with E-state index in [1.807, 2.05) is 73.1 Å². The predicted molar refractivity (Wildman–Crippen MR) is 111 cm³/mol. The zero-order valence-corrected chi connectivity index (χ0v) is 16.4. The number of amides is 1. The number of benzene rings is 2. The monoisotopic (exact) mass is 390 g/mol. The number of carbonyl (C=O) groups excluding carboxylic acids is 1. The van der Waals surface area contributed by atoms with Crippen LogP contribution in [0.3, 0.4) is 0 Å². The molecule has 148 valence electrons. The van der Waals surface area contributed by atoms with Gasteiger partial charge in [0.1, 0.15) is 5.75 Å². The van der Waals surface area contributed by atoms with Crippen molar-refractivity contribution in [1.29, 1.82) is 0 Å². The van der Waals surface area contributed by atoms with Crippen LogP contribution in [0.2, 0.25) is 0 Å². The van der Waals surface area contributed by atoms with E-state index in [1.54, 1.807) is 0 Å². The molecule has 0 saturated heterocycles. The van der Waals surface area contributed by atoms with Crippen LogP contribution in [0.25, 0.3) is 5.69 Å². The summed E-state index contributed by atoms with van der Waals surface area (Å²) in [4.78, 5) is 17.7. The minimum atomic E-state index is -0.284. The highest BCUT2D eigenvalue weighted by atomic mass is 16.6. The maximum absolute atomic E-state index is 12.4. The van der Waals surface area contributed by atoms with E-state index < -0.39 is 0 Å². The van der Waals surface area contributed by atoms with E-state index in [9.17, 15) is 4.79 Å². The number of oxime groups is 1. The molecule has 0 unspecified atom stereocenters. The normalized spacial score (nSPS) is 14.2. The number of hydrogen-bond acceptors (Lipinski definition) is 5. The Hall–Kier alpha value is -3.61. The highest BCUT2D eigenvalue weighted by molar-refractivity contribution is 6.03. The second kappa shape index (κ2) is 8.18. The molecule has 3 aromatic rings. The van der Waals surface area contributed by atoms with Gasteiger partial charge in [0.2, 0.25) is 0 Å². The molecule has 2 heterocycles. The lowest BCUT2D eigenvalue weighted by atomic mass is 10.0. The van der Waals surface area contributed by atoms with Crippen LogP contribution in [0.15, 0.2) is 59.8 Å². The fourth-order valence-electron chi connectivity index (χ4n) is 3.31. The van der Waals surface area contributed by atoms with Crippen LogP contribution >= 0.6 is 0 Å². The number of anilines is 1. The van der Waals surface area contributed by atoms with Crippen molar-refractivity contribution < 1.29 is 14.4 Å². The molecule has 29 heavy (non-hydrogen) atoms. The van der Waals surface area contributed by atoms with Crippen molar-refractivity contribution in [2.24, 2.45) is 5.16 Å². The lowest BCUT2D eigenvalue weighted by Gasteiger charge is -2.18. The van der Waals surface area contributed by atoms with Gasteiger partial charge in [-0.1, -0.05) is 35.5 Å². The molecular weight excluding hydrogens is 368 g/mol. The lowest BCUT2D eigenvalue weighted by Crippen LogP contribution is -2.20. The maximum Gasteiger partial charge on any atom is 0.265 e. The third-order valence-electron chi connectivity index (χ3n) is 4.72. The second-order valence-corrected chi connectivity index (χ2v) is 6.75. The molecule has 1 amide bonds. The van der Waals surface area contributed by atoms with Crippen LogP contribution in [0, 0.1) is 13.8 Å². The Bertz CT molecular complexity index is 1060. The van der Waals surface area contributed by atoms with E-state index in [0.717, 1.165) is 34.1 Å². The van der Waals surface area contributed by atoms with Crippen LogP contribution in [0.1, 0.15) is 23.4 Å². The van der Waals surface area contributed by atoms with Gasteiger partial charge in [-0.25, -0.2) is 4.68 Å². The summed E-state index contributed by atoms with van der Waals surface area (Å²) >= 11 is 0. The minimum Gasteiger partial charge on any atom is -0.492 e. The number of nitrogens with one attached hydrogen (secondary N) is 1. The Morgan fingerprint density at radius 2 is 1.93 bits per heavy atom. The fraction of sp³-hybridized carbons (Fsp3) is 0.227. The van der Waals surface area contributed by atoms with Crippen molar-refractivity contribution in [3.05, 3.63) is 71.5 Å². The fourth-order valence-corrected chi connectivity index (χ4v) is 3.31. The van der Waals surface area contributed by atoms with Gasteiger partial charge in [0.25, 0.3) is 5.91 Å². The van der Waals surface area contributed by atoms with Crippen molar-refractivity contribution in [2.75, 3.05) is 18.5 Å². The Labute approximate surface area is 168 Å². The molecule has 0 radical (unpaired) electrons. The third kappa shape index (κ3) is 3.99. The Morgan fingerprint density at radius 1 is 1.17 bits per heavy atom. The average molecular weight is 390 g/mol. The summed E-state index contributed by atoms with van der Waals surface area (Å²) in [6.07, 6.45) is 0.640. The Balaban J connectivity index is 1.42. The molecule has 0 bridgehead atoms. The molecule has 7 nitrogen and oxygen atoms in total. The molecule has 0 fully saturated rings. The molecule has 0 spiro atoms. The maximum atomic E-state index is 12.4. The van der Waals surface area contributed by atoms with E-state index >= 15 is 0 Å². The van der Waals surface area contributed by atoms with Crippen molar-refractivity contribution in [3.63, 3.8) is 0 Å². The van der Waals surface area contributed by atoms with E-state index in [2.05, 4.69) is 15.6 Å². The molecule has 1 aromatic heterocycles. The SMILES string of the molecule is Cc1nn(-c2ccccc2)c(C)c1NC(=O)CO/N=C1/CCOc2ccccc21. The largest absolute Gasteiger partial charge is 0.492 e. The van der Waals surface area contributed by atoms with Gasteiger partial charge >= 0.3 is 0 Å². The topological polar surface area (TPSA) is 77.7 Å². The molecule has 1 N–H and O–H groups in total. The molecule has 1 aliphatic heterocycles. The van der Waals surface area contributed by atoms with Gasteiger partial charge in [-0.15, -0.1) is 0 Å². The smallest absolute Gasteiger partial charge is 0.265 e. The van der Waals surface area contributed by atoms with E-state index in [0.29, 0.717) is 18.7 Å². The molecule has 2 aromatic carbocycles. The van der Waals surface area contributed by atoms with Crippen molar-refractivity contribution >= 4 is 17.3 Å². The number of aromatic nitrogens is 2. The number of hydrogen-bond donors (Lipinski definition) is 1. The van der Waals surface area contributed by atoms with Crippen LogP contribution in [-0.2, 0) is 9.63 Å². The third-order valence-corrected chi connectivity index (χ3v) is 4.72. The number of rotatable bonds is 5. The first-order valence-corrected chi connectivity index (χ1v) is 9.46. The summed E-state index contributed by atoms with van der Waals surface area (Å²) in [5.74, 6) is 0.499. The lowest BCUT2D eigenvalue weighted by molar-refractivity contribution is -0.120. The van der Waals surface area contributed by atoms with Gasteiger partial charge in [0, 0.05) is 12.0 Å². The highest BCUT2D eigenvalue weighted by Crippen LogP contribution is 2.25. The summed E-state index contributed by atoms with van der Waals surface area (Å²) in [7, 11) is 0. The summed E-state index contributed by atoms with van der Waals surface area (Å²) in [5, 5.41) is 11.6. The van der Waals surface area contributed by atoms with Crippen LogP contribution < -0.4 is 10.1 Å². The Morgan fingerprint density at radius 3 is 2.76 bits per heavy atom. The quantitative estimate of drug-likeness (QED) is 0.675. The summed E-state index contributed by atoms with van der Waals surface area (Å²) in [6, 6.07) is 17.5. The van der Waals surface area contributed by atoms with Gasteiger partial charge in [0.05, 0.1) is 35.1 Å². The molecule has 7 heteroatoms. The molecule has 0 saturated carbocycles. The predicted octanol–water partition coefficient (Wildman–Crippen LogP) is 3.63. The van der Waals surface area contributed by atoms with E-state index in [-0.39, 0.29) is 12.5 Å². The van der Waals surface area contributed by atoms with Crippen molar-refractivity contribution in [3.8, 4) is 11.4 Å². The highest BCUT2D eigenvalue weighted by Gasteiger charge is 2.18. The number of ether oxygens (including phenoxy) is 1. The standard InChI is InChI=1S/C22H22N4O3/c1-15-22(16(2)26(24-15)17-8-4-3-5-9-17)23-21(27)14-29-25-19-12-13-28-20-11-7-6-10-18(19)20/h3-11H,12-14H2,1-2H3,(H,23,27)/b25-19-. The number of aryl methyl sites for hydroxylation is 1. The minimum absolute atomic E-state index is 0.179. The summed E-state index contributed by atoms with van der Waals surface area (Å²) in [5.41, 5.74) is 4.90. The zero-order chi connectivity index (χ0) is 20.2. The average Bonchev–Trinajstić information content (AvgIpc) is 3.03. The van der Waals surface area contributed by atoms with Gasteiger partial charge in [-0.05, 0) is 38.1 Å². The first-order valence-electron chi connectivity index (χ1n) is 9.46. The van der Waals surface area contributed by atoms with Crippen LogP contribution in [0.5, 0.6) is 5.75 Å². The van der Waals surface area contributed by atoms with Crippen molar-refractivity contribution in [1.82, 2.24) is 9.78 Å². The van der Waals surface area contributed by atoms with Gasteiger partial charge in [-0.3, -0.25) is 4.79 Å². The molecular formula is C22H22N4O3. The molecule has 1 aliphatic rings. The number of para-hydroxylation sites is 2. The number of nitrogens with zero attached hydrogens (tertiary/aromatic N) is 3. The van der Waals surface area contributed by atoms with Crippen molar-refractivity contribution in [2.45, 2.75) is 20.3 Å². The van der Waals surface area contributed by atoms with Gasteiger partial charge < -0.3 is 14.9 Å². The van der Waals surface area contributed by atoms with Crippen LogP contribution in [0.4, 0.5) is 5.69 Å².